The zero-order chi connectivity index (χ0) is 26.4. The van der Waals surface area contributed by atoms with Gasteiger partial charge in [0.25, 0.3) is 0 Å². The number of oxazole rings is 1. The number of benzene rings is 2. The second-order valence-corrected chi connectivity index (χ2v) is 11.1. The Morgan fingerprint density at radius 1 is 1.11 bits per heavy atom. The van der Waals surface area contributed by atoms with Crippen LogP contribution in [0, 0.1) is 6.92 Å². The van der Waals surface area contributed by atoms with Gasteiger partial charge in [-0.15, -0.1) is 0 Å². The van der Waals surface area contributed by atoms with Crippen molar-refractivity contribution in [3.8, 4) is 11.6 Å². The van der Waals surface area contributed by atoms with E-state index in [1.165, 1.54) is 10.8 Å². The van der Waals surface area contributed by atoms with E-state index in [2.05, 4.69) is 37.3 Å². The molecule has 0 saturated carbocycles. The molecule has 2 aromatic carbocycles. The van der Waals surface area contributed by atoms with Crippen LogP contribution in [-0.4, -0.2) is 61.8 Å². The molecule has 0 radical (unpaired) electrons. The molecule has 2 aliphatic rings. The van der Waals surface area contributed by atoms with Gasteiger partial charge in [0.05, 0.1) is 5.52 Å². The van der Waals surface area contributed by atoms with E-state index in [9.17, 15) is 9.59 Å². The zero-order valence-electron chi connectivity index (χ0n) is 21.3. The van der Waals surface area contributed by atoms with E-state index in [1.807, 2.05) is 17.9 Å². The number of nitrogens with one attached hydrogen (secondary N) is 2. The summed E-state index contributed by atoms with van der Waals surface area (Å²) in [6.45, 7) is 4.01. The normalized spacial score (nSPS) is 16.4. The number of anilines is 3. The number of aryl methyl sites for hydroxylation is 1. The third-order valence-corrected chi connectivity index (χ3v) is 7.87. The van der Waals surface area contributed by atoms with Crippen LogP contribution in [0.3, 0.4) is 0 Å². The van der Waals surface area contributed by atoms with E-state index < -0.39 is 5.76 Å². The first kappa shape index (κ1) is 24.0. The minimum absolute atomic E-state index is 0.0317. The largest absolute Gasteiger partial charge is 0.439 e. The molecule has 38 heavy (non-hydrogen) atoms. The molecule has 1 fully saturated rings. The highest BCUT2D eigenvalue weighted by Gasteiger charge is 2.30. The number of urea groups is 1. The van der Waals surface area contributed by atoms with Gasteiger partial charge in [0.15, 0.2) is 5.58 Å². The third-order valence-electron chi connectivity index (χ3n) is 7.25. The van der Waals surface area contributed by atoms with Crippen molar-refractivity contribution in [2.24, 2.45) is 0 Å². The number of aromatic nitrogens is 3. The van der Waals surface area contributed by atoms with Gasteiger partial charge in [0.1, 0.15) is 11.6 Å². The predicted molar refractivity (Wildman–Crippen MR) is 149 cm³/mol. The maximum atomic E-state index is 13.0. The summed E-state index contributed by atoms with van der Waals surface area (Å²) in [5.41, 5.74) is 10.0. The Hall–Kier alpha value is -4.32. The summed E-state index contributed by atoms with van der Waals surface area (Å²) in [5.74, 6) is 1.04. The summed E-state index contributed by atoms with van der Waals surface area (Å²) in [5, 5.41) is 4.44. The molecule has 12 heteroatoms. The monoisotopic (exact) mass is 531 g/mol. The average Bonchev–Trinajstić information content (AvgIpc) is 3.18. The number of hydrogen-bond donors (Lipinski definition) is 3. The summed E-state index contributed by atoms with van der Waals surface area (Å²) in [4.78, 5) is 40.0. The van der Waals surface area contributed by atoms with Crippen LogP contribution in [-0.2, 0) is 6.42 Å². The molecule has 4 heterocycles. The van der Waals surface area contributed by atoms with Crippen molar-refractivity contribution in [1.82, 2.24) is 19.9 Å². The first-order chi connectivity index (χ1) is 18.3. The quantitative estimate of drug-likeness (QED) is 0.338. The van der Waals surface area contributed by atoms with Crippen LogP contribution in [0.5, 0.6) is 11.6 Å². The number of rotatable bonds is 4. The first-order valence-corrected chi connectivity index (χ1v) is 13.7. The number of hydrogen-bond acceptors (Lipinski definition) is 8. The van der Waals surface area contributed by atoms with Crippen LogP contribution in [0.25, 0.3) is 11.1 Å². The predicted octanol–water partition coefficient (Wildman–Crippen LogP) is 1.64. The van der Waals surface area contributed by atoms with Crippen molar-refractivity contribution >= 4 is 50.0 Å². The second-order valence-electron chi connectivity index (χ2n) is 9.90. The lowest BCUT2D eigenvalue weighted by atomic mass is 10.0. The molecular formula is C26H29N7O4Si. The molecule has 2 amide bonds. The van der Waals surface area contributed by atoms with Gasteiger partial charge in [-0.2, -0.15) is 9.97 Å². The number of carbonyl (C=O) groups is 1. The number of nitrogens with two attached hydrogens (primary N) is 1. The smallest absolute Gasteiger partial charge is 0.417 e. The Bertz CT molecular complexity index is 1590. The van der Waals surface area contributed by atoms with E-state index in [-0.39, 0.29) is 18.0 Å². The van der Waals surface area contributed by atoms with Crippen molar-refractivity contribution in [2.45, 2.75) is 32.2 Å². The maximum Gasteiger partial charge on any atom is 0.417 e. The van der Waals surface area contributed by atoms with Crippen LogP contribution < -0.4 is 31.6 Å². The highest BCUT2D eigenvalue weighted by Crippen LogP contribution is 2.30. The van der Waals surface area contributed by atoms with Gasteiger partial charge >= 0.3 is 11.8 Å². The number of carbonyl (C=O) groups excluding carboxylic acids is 1. The molecule has 0 spiro atoms. The summed E-state index contributed by atoms with van der Waals surface area (Å²) in [6.07, 6.45) is 2.49. The Morgan fingerprint density at radius 3 is 2.74 bits per heavy atom. The molecule has 0 atom stereocenters. The minimum Gasteiger partial charge on any atom is -0.439 e. The third kappa shape index (κ3) is 4.70. The van der Waals surface area contributed by atoms with Gasteiger partial charge in [0.2, 0.25) is 11.8 Å². The fourth-order valence-corrected chi connectivity index (χ4v) is 5.87. The fourth-order valence-electron chi connectivity index (χ4n) is 5.35. The van der Waals surface area contributed by atoms with Crippen molar-refractivity contribution in [1.29, 1.82) is 0 Å². The molecule has 1 saturated heterocycles. The molecular weight excluding hydrogens is 502 g/mol. The lowest BCUT2D eigenvalue weighted by Crippen LogP contribution is -2.49. The lowest BCUT2D eigenvalue weighted by Gasteiger charge is -2.38. The van der Waals surface area contributed by atoms with Crippen LogP contribution in [0.1, 0.15) is 24.0 Å². The van der Waals surface area contributed by atoms with Crippen LogP contribution >= 0.6 is 0 Å². The molecule has 2 aliphatic heterocycles. The lowest BCUT2D eigenvalue weighted by molar-refractivity contribution is 0.177. The maximum absolute atomic E-state index is 13.0. The summed E-state index contributed by atoms with van der Waals surface area (Å²) in [7, 11) is 0.993. The summed E-state index contributed by atoms with van der Waals surface area (Å²) in [6, 6.07) is 11.6. The number of amides is 2. The second kappa shape index (κ2) is 9.52. The molecule has 4 aromatic rings. The molecule has 6 rings (SSSR count). The molecule has 0 aliphatic carbocycles. The summed E-state index contributed by atoms with van der Waals surface area (Å²) < 4.78 is 11.2. The van der Waals surface area contributed by atoms with E-state index >= 15 is 0 Å². The van der Waals surface area contributed by atoms with Gasteiger partial charge in [-0.25, -0.2) is 9.59 Å². The first-order valence-electron chi connectivity index (χ1n) is 12.7. The molecule has 4 N–H and O–H groups in total. The topological polar surface area (TPSA) is 143 Å². The summed E-state index contributed by atoms with van der Waals surface area (Å²) >= 11 is 0. The van der Waals surface area contributed by atoms with Gasteiger partial charge < -0.3 is 30.0 Å². The Morgan fingerprint density at radius 2 is 1.92 bits per heavy atom. The van der Waals surface area contributed by atoms with E-state index in [4.69, 9.17) is 14.9 Å². The van der Waals surface area contributed by atoms with Crippen molar-refractivity contribution in [3.05, 3.63) is 58.1 Å². The minimum atomic E-state index is -0.518. The number of ether oxygens (including phenoxy) is 1. The van der Waals surface area contributed by atoms with Crippen LogP contribution in [0.15, 0.2) is 45.6 Å². The number of piperidine rings is 1. The van der Waals surface area contributed by atoms with Crippen molar-refractivity contribution in [3.63, 3.8) is 0 Å². The Labute approximate surface area is 221 Å². The molecule has 0 bridgehead atoms. The number of nitrogen functional groups attached to an aromatic ring is 1. The fraction of sp³-hybridized carbons (Fsp3) is 0.308. The number of aromatic amines is 1. The van der Waals surface area contributed by atoms with E-state index in [0.717, 1.165) is 53.8 Å². The Kier molecular flexibility index (Phi) is 6.02. The molecule has 11 nitrogen and oxygen atoms in total. The van der Waals surface area contributed by atoms with Crippen LogP contribution in [0.4, 0.5) is 22.2 Å². The SMILES string of the molecule is Cc1cc(Oc2cc(N3CCC(N4CCc5cc([SiH3])ccc5NC4=O)CC3)nc(N)n2)cc2oc(=O)[nH]c12. The average molecular weight is 532 g/mol. The molecule has 196 valence electrons. The van der Waals surface area contributed by atoms with Crippen LogP contribution in [0.2, 0.25) is 0 Å². The Balaban J connectivity index is 1.14. The number of fused-ring (bicyclic) bond motifs is 2. The molecule has 2 aromatic heterocycles. The number of nitrogens with zero attached hydrogens (tertiary/aromatic N) is 4. The van der Waals surface area contributed by atoms with Crippen molar-refractivity contribution < 1.29 is 13.9 Å². The van der Waals surface area contributed by atoms with Gasteiger partial charge in [-0.3, -0.25) is 4.98 Å². The van der Waals surface area contributed by atoms with E-state index in [1.54, 1.807) is 18.2 Å². The van der Waals surface area contributed by atoms with Crippen molar-refractivity contribution in [2.75, 3.05) is 35.6 Å². The van der Waals surface area contributed by atoms with Gasteiger partial charge in [-0.1, -0.05) is 17.3 Å². The van der Waals surface area contributed by atoms with Gasteiger partial charge in [-0.05, 0) is 49.4 Å². The highest BCUT2D eigenvalue weighted by molar-refractivity contribution is 6.32. The number of H-pyrrole nitrogens is 1. The van der Waals surface area contributed by atoms with Gasteiger partial charge in [0, 0.05) is 53.7 Å². The van der Waals surface area contributed by atoms with E-state index in [0.29, 0.717) is 35.1 Å². The standard InChI is InChI=1S/C26H29N7O4Si/c1-14-10-17(12-20-23(14)31-26(35)37-20)36-22-13-21(29-24(27)30-22)32-7-5-16(6-8-32)33-9-4-15-11-18(38)2-3-19(15)28-25(33)34/h2-3,10-13,16H,4-9H2,1,38H3,(H,28,34)(H,31,35)(H2,27,29,30). The zero-order valence-corrected chi connectivity index (χ0v) is 23.3. The highest BCUT2D eigenvalue weighted by atomic mass is 28.1. The molecule has 0 unspecified atom stereocenters.